The van der Waals surface area contributed by atoms with Gasteiger partial charge in [-0.25, -0.2) is 8.42 Å². The Morgan fingerprint density at radius 2 is 2.07 bits per heavy atom. The molecule has 0 unspecified atom stereocenters. The van der Waals surface area contributed by atoms with Crippen LogP contribution in [0, 0.1) is 0 Å². The third kappa shape index (κ3) is 9.60. The van der Waals surface area contributed by atoms with Crippen LogP contribution in [-0.4, -0.2) is 45.6 Å². The van der Waals surface area contributed by atoms with Crippen LogP contribution in [-0.2, 0) is 24.4 Å². The quantitative estimate of drug-likeness (QED) is 0.411. The van der Waals surface area contributed by atoms with E-state index in [0.29, 0.717) is 0 Å². The van der Waals surface area contributed by atoms with Gasteiger partial charge in [-0.15, -0.1) is 0 Å². The highest BCUT2D eigenvalue weighted by Crippen LogP contribution is 1.94. The van der Waals surface area contributed by atoms with Crippen LogP contribution in [0.3, 0.4) is 0 Å². The summed E-state index contributed by atoms with van der Waals surface area (Å²) in [4.78, 5) is 16.6. The molecule has 0 aromatic rings. The number of sulfonamides is 1. The first-order valence-electron chi connectivity index (χ1n) is 4.30. The zero-order valence-electron chi connectivity index (χ0n) is 8.43. The highest BCUT2D eigenvalue weighted by molar-refractivity contribution is 7.89. The lowest BCUT2D eigenvalue weighted by molar-refractivity contribution is -0.137. The predicted octanol–water partition coefficient (Wildman–Crippen LogP) is -0.651. The van der Waals surface area contributed by atoms with Crippen LogP contribution in [0.25, 0.3) is 0 Å². The van der Waals surface area contributed by atoms with E-state index in [-0.39, 0.29) is 31.8 Å². The molecule has 0 radical (unpaired) electrons. The van der Waals surface area contributed by atoms with Crippen LogP contribution in [0.4, 0.5) is 0 Å². The smallest absolute Gasteiger partial charge is 0.303 e. The number of ether oxygens (including phenoxy) is 1. The molecule has 0 aromatic carbocycles. The van der Waals surface area contributed by atoms with Crippen molar-refractivity contribution >= 4 is 16.0 Å². The molecular weight excluding hydrogens is 226 g/mol. The van der Waals surface area contributed by atoms with Crippen LogP contribution in [0.15, 0.2) is 0 Å². The van der Waals surface area contributed by atoms with Crippen molar-refractivity contribution in [2.45, 2.75) is 12.8 Å². The van der Waals surface area contributed by atoms with E-state index in [0.717, 1.165) is 0 Å². The Morgan fingerprint density at radius 1 is 1.40 bits per heavy atom. The summed E-state index contributed by atoms with van der Waals surface area (Å²) in [6.45, 7) is 0.381. The second-order valence-electron chi connectivity index (χ2n) is 2.74. The minimum Gasteiger partial charge on any atom is -0.481 e. The number of carbonyl (C=O) groups is 1. The summed E-state index contributed by atoms with van der Waals surface area (Å²) in [6, 6.07) is 0. The molecule has 8 heteroatoms. The molecular formula is C7H15NO6S. The predicted molar refractivity (Wildman–Crippen MR) is 51.6 cm³/mol. The van der Waals surface area contributed by atoms with Gasteiger partial charge in [-0.2, -0.15) is 0 Å². The fraction of sp³-hybridized carbons (Fsp3) is 0.857. The molecule has 0 fully saturated rings. The average molecular weight is 241 g/mol. The standard InChI is InChI=1S/C7H15NO6S/c1-13-4-5-14-8-15(11,12)6-2-3-7(9)10/h8H,2-6H2,1H3,(H,9,10). The van der Waals surface area contributed by atoms with Gasteiger partial charge in [0, 0.05) is 13.5 Å². The summed E-state index contributed by atoms with van der Waals surface area (Å²) in [7, 11) is -2.09. The monoisotopic (exact) mass is 241 g/mol. The Labute approximate surface area is 88.4 Å². The Bertz CT molecular complexity index is 275. The average Bonchev–Trinajstić information content (AvgIpc) is 2.11. The van der Waals surface area contributed by atoms with Gasteiger partial charge in [-0.05, 0) is 6.42 Å². The number of carboxylic acid groups (broad SMARTS) is 1. The Morgan fingerprint density at radius 3 is 2.60 bits per heavy atom. The van der Waals surface area contributed by atoms with Gasteiger partial charge in [-0.1, -0.05) is 4.89 Å². The highest BCUT2D eigenvalue weighted by Gasteiger charge is 2.10. The van der Waals surface area contributed by atoms with Crippen LogP contribution in [0.1, 0.15) is 12.8 Å². The molecule has 2 N–H and O–H groups in total. The van der Waals surface area contributed by atoms with Crippen molar-refractivity contribution in [1.82, 2.24) is 4.89 Å². The largest absolute Gasteiger partial charge is 0.481 e. The lowest BCUT2D eigenvalue weighted by Crippen LogP contribution is -2.28. The van der Waals surface area contributed by atoms with Crippen LogP contribution >= 0.6 is 0 Å². The molecule has 0 aliphatic carbocycles. The molecule has 0 spiro atoms. The van der Waals surface area contributed by atoms with E-state index in [2.05, 4.69) is 9.57 Å². The van der Waals surface area contributed by atoms with E-state index in [4.69, 9.17) is 5.11 Å². The lowest BCUT2D eigenvalue weighted by atomic mass is 10.3. The van der Waals surface area contributed by atoms with Crippen molar-refractivity contribution in [2.75, 3.05) is 26.1 Å². The zero-order valence-corrected chi connectivity index (χ0v) is 9.25. The minimum atomic E-state index is -3.55. The van der Waals surface area contributed by atoms with Crippen molar-refractivity contribution in [2.24, 2.45) is 0 Å². The molecule has 0 bridgehead atoms. The van der Waals surface area contributed by atoms with Gasteiger partial charge in [0.05, 0.1) is 19.0 Å². The molecule has 0 aliphatic heterocycles. The molecule has 0 aliphatic rings. The Kier molecular flexibility index (Phi) is 7.22. The summed E-state index contributed by atoms with van der Waals surface area (Å²) in [5.74, 6) is -1.29. The topological polar surface area (TPSA) is 102 Å². The lowest BCUT2D eigenvalue weighted by Gasteiger charge is -2.05. The molecule has 0 rings (SSSR count). The van der Waals surface area contributed by atoms with Crippen molar-refractivity contribution in [1.29, 1.82) is 0 Å². The maximum absolute atomic E-state index is 11.1. The summed E-state index contributed by atoms with van der Waals surface area (Å²) in [6.07, 6.45) is -0.128. The minimum absolute atomic E-state index is 0.0539. The number of methoxy groups -OCH3 is 1. The molecule has 0 heterocycles. The van der Waals surface area contributed by atoms with Crippen LogP contribution in [0.5, 0.6) is 0 Å². The highest BCUT2D eigenvalue weighted by atomic mass is 32.2. The van der Waals surface area contributed by atoms with Gasteiger partial charge in [0.2, 0.25) is 10.0 Å². The summed E-state index contributed by atoms with van der Waals surface area (Å²) >= 11 is 0. The van der Waals surface area contributed by atoms with Gasteiger partial charge in [0.15, 0.2) is 0 Å². The second kappa shape index (κ2) is 7.57. The van der Waals surface area contributed by atoms with Gasteiger partial charge < -0.3 is 9.84 Å². The molecule has 90 valence electrons. The molecule has 0 amide bonds. The summed E-state index contributed by atoms with van der Waals surface area (Å²) in [5, 5.41) is 8.29. The van der Waals surface area contributed by atoms with E-state index >= 15 is 0 Å². The van der Waals surface area contributed by atoms with Gasteiger partial charge in [0.1, 0.15) is 0 Å². The first-order chi connectivity index (χ1) is 6.98. The van der Waals surface area contributed by atoms with Gasteiger partial charge in [-0.3, -0.25) is 9.63 Å². The third-order valence-electron chi connectivity index (χ3n) is 1.38. The fourth-order valence-electron chi connectivity index (χ4n) is 0.712. The number of hydrogen-bond acceptors (Lipinski definition) is 5. The fourth-order valence-corrected chi connectivity index (χ4v) is 1.58. The normalized spacial score (nSPS) is 11.5. The van der Waals surface area contributed by atoms with E-state index in [9.17, 15) is 13.2 Å². The van der Waals surface area contributed by atoms with Crippen molar-refractivity contribution < 1.29 is 27.9 Å². The second-order valence-corrected chi connectivity index (χ2v) is 4.55. The van der Waals surface area contributed by atoms with Gasteiger partial charge in [0.25, 0.3) is 0 Å². The Hall–Kier alpha value is -0.700. The number of carboxylic acids is 1. The third-order valence-corrected chi connectivity index (χ3v) is 2.58. The van der Waals surface area contributed by atoms with E-state index in [1.54, 1.807) is 0 Å². The van der Waals surface area contributed by atoms with Crippen LogP contribution in [0.2, 0.25) is 0 Å². The number of hydrogen-bond donors (Lipinski definition) is 2. The van der Waals surface area contributed by atoms with Crippen LogP contribution < -0.4 is 4.89 Å². The molecule has 0 saturated heterocycles. The zero-order chi connectivity index (χ0) is 11.7. The SMILES string of the molecule is COCCONS(=O)(=O)CCCC(=O)O. The Balaban J connectivity index is 3.63. The maximum atomic E-state index is 11.1. The first kappa shape index (κ1) is 14.3. The number of rotatable bonds is 9. The number of aliphatic carboxylic acids is 1. The van der Waals surface area contributed by atoms with Crippen molar-refractivity contribution in [3.05, 3.63) is 0 Å². The van der Waals surface area contributed by atoms with Crippen molar-refractivity contribution in [3.8, 4) is 0 Å². The van der Waals surface area contributed by atoms with E-state index < -0.39 is 16.0 Å². The van der Waals surface area contributed by atoms with E-state index in [1.165, 1.54) is 7.11 Å². The van der Waals surface area contributed by atoms with E-state index in [1.807, 2.05) is 4.89 Å². The molecule has 0 aromatic heterocycles. The first-order valence-corrected chi connectivity index (χ1v) is 5.95. The molecule has 0 atom stereocenters. The van der Waals surface area contributed by atoms with Crippen molar-refractivity contribution in [3.63, 3.8) is 0 Å². The maximum Gasteiger partial charge on any atom is 0.303 e. The van der Waals surface area contributed by atoms with Gasteiger partial charge >= 0.3 is 5.97 Å². The summed E-state index contributed by atoms with van der Waals surface area (Å²) < 4.78 is 26.8. The molecule has 7 nitrogen and oxygen atoms in total. The molecule has 15 heavy (non-hydrogen) atoms. The number of nitrogens with one attached hydrogen (secondary N) is 1. The summed E-state index contributed by atoms with van der Waals surface area (Å²) in [5.41, 5.74) is 0. The molecule has 0 saturated carbocycles.